The van der Waals surface area contributed by atoms with E-state index in [4.69, 9.17) is 4.74 Å². The van der Waals surface area contributed by atoms with Gasteiger partial charge in [0.15, 0.2) is 5.96 Å². The topological polar surface area (TPSA) is 69.2 Å². The number of ether oxygens (including phenoxy) is 1. The Bertz CT molecular complexity index is 714. The van der Waals surface area contributed by atoms with E-state index in [2.05, 4.69) is 65.6 Å². The highest BCUT2D eigenvalue weighted by Crippen LogP contribution is 2.17. The number of piperazine rings is 1. The minimum Gasteiger partial charge on any atom is -0.368 e. The number of halogens is 1. The number of aliphatic imine (C=N–C) groups is 1. The second-order valence-corrected chi connectivity index (χ2v) is 8.88. The molecule has 2 aliphatic heterocycles. The van der Waals surface area contributed by atoms with Crippen molar-refractivity contribution in [2.24, 2.45) is 4.99 Å². The third-order valence-electron chi connectivity index (χ3n) is 5.90. The molecule has 2 saturated heterocycles. The van der Waals surface area contributed by atoms with E-state index in [-0.39, 0.29) is 47.6 Å². The largest absolute Gasteiger partial charge is 0.368 e. The predicted molar refractivity (Wildman–Crippen MR) is 136 cm³/mol. The summed E-state index contributed by atoms with van der Waals surface area (Å²) in [6.45, 7) is 11.1. The average Bonchev–Trinajstić information content (AvgIpc) is 3.29. The molecule has 1 amide bonds. The molecule has 0 aliphatic carbocycles. The van der Waals surface area contributed by atoms with Crippen molar-refractivity contribution in [1.29, 1.82) is 0 Å². The molecule has 0 aromatic heterocycles. The molecule has 2 unspecified atom stereocenters. The molecule has 2 fully saturated rings. The third-order valence-corrected chi connectivity index (χ3v) is 5.90. The lowest BCUT2D eigenvalue weighted by molar-refractivity contribution is -0.142. The number of nitrogens with zero attached hydrogens (tertiary/aromatic N) is 3. The average molecular weight is 543 g/mol. The van der Waals surface area contributed by atoms with Crippen LogP contribution in [-0.4, -0.2) is 79.7 Å². The summed E-state index contributed by atoms with van der Waals surface area (Å²) in [4.78, 5) is 21.2. The van der Waals surface area contributed by atoms with Gasteiger partial charge < -0.3 is 25.2 Å². The zero-order valence-electron chi connectivity index (χ0n) is 19.3. The van der Waals surface area contributed by atoms with Crippen molar-refractivity contribution >= 4 is 35.8 Å². The summed E-state index contributed by atoms with van der Waals surface area (Å²) in [6, 6.07) is 10.8. The minimum absolute atomic E-state index is 0. The smallest absolute Gasteiger partial charge is 0.251 e. The van der Waals surface area contributed by atoms with E-state index < -0.39 is 0 Å². The maximum absolute atomic E-state index is 12.6. The van der Waals surface area contributed by atoms with Crippen LogP contribution in [0.15, 0.2) is 35.3 Å². The van der Waals surface area contributed by atoms with Crippen LogP contribution in [0.1, 0.15) is 45.2 Å². The number of nitrogens with one attached hydrogen (secondary N) is 2. The Morgan fingerprint density at radius 1 is 1.19 bits per heavy atom. The molecule has 7 nitrogen and oxygen atoms in total. The summed E-state index contributed by atoms with van der Waals surface area (Å²) in [6.07, 6.45) is 1.61. The van der Waals surface area contributed by atoms with E-state index in [1.807, 2.05) is 18.0 Å². The minimum atomic E-state index is -0.229. The maximum Gasteiger partial charge on any atom is 0.251 e. The maximum atomic E-state index is 12.6. The Balaban J connectivity index is 0.00000341. The van der Waals surface area contributed by atoms with Crippen LogP contribution in [0.5, 0.6) is 0 Å². The van der Waals surface area contributed by atoms with E-state index in [1.54, 1.807) is 0 Å². The summed E-state index contributed by atoms with van der Waals surface area (Å²) in [5.41, 5.74) is 1.17. The van der Waals surface area contributed by atoms with Gasteiger partial charge in [-0.2, -0.15) is 0 Å². The zero-order chi connectivity index (χ0) is 21.6. The van der Waals surface area contributed by atoms with Gasteiger partial charge in [0.1, 0.15) is 6.10 Å². The van der Waals surface area contributed by atoms with Crippen molar-refractivity contribution < 1.29 is 9.53 Å². The Labute approximate surface area is 204 Å². The first-order valence-electron chi connectivity index (χ1n) is 11.1. The van der Waals surface area contributed by atoms with Crippen LogP contribution in [0.4, 0.5) is 0 Å². The summed E-state index contributed by atoms with van der Waals surface area (Å²) < 4.78 is 5.56. The molecule has 0 radical (unpaired) electrons. The highest BCUT2D eigenvalue weighted by molar-refractivity contribution is 14.0. The summed E-state index contributed by atoms with van der Waals surface area (Å²) in [5.74, 6) is 1.04. The summed E-state index contributed by atoms with van der Waals surface area (Å²) >= 11 is 0. The van der Waals surface area contributed by atoms with E-state index in [0.717, 1.165) is 38.4 Å². The molecule has 2 aliphatic rings. The number of guanidine groups is 1. The molecular formula is C23H38IN5O2. The van der Waals surface area contributed by atoms with Gasteiger partial charge in [0.2, 0.25) is 0 Å². The third kappa shape index (κ3) is 7.32. The number of carbonyl (C=O) groups excluding carboxylic acids is 1. The van der Waals surface area contributed by atoms with Gasteiger partial charge in [-0.25, -0.2) is 0 Å². The molecular weight excluding hydrogens is 505 g/mol. The van der Waals surface area contributed by atoms with Crippen molar-refractivity contribution in [3.63, 3.8) is 0 Å². The molecule has 3 rings (SSSR count). The lowest BCUT2D eigenvalue weighted by atomic mass is 10.0. The molecule has 0 bridgehead atoms. The molecule has 0 spiro atoms. The molecule has 2 atom stereocenters. The van der Waals surface area contributed by atoms with Crippen LogP contribution in [0.25, 0.3) is 0 Å². The van der Waals surface area contributed by atoms with Crippen LogP contribution in [0.3, 0.4) is 0 Å². The van der Waals surface area contributed by atoms with Crippen molar-refractivity contribution in [2.45, 2.75) is 51.3 Å². The van der Waals surface area contributed by atoms with Crippen molar-refractivity contribution in [1.82, 2.24) is 20.4 Å². The summed E-state index contributed by atoms with van der Waals surface area (Å²) in [5, 5.41) is 7.23. The van der Waals surface area contributed by atoms with Crippen molar-refractivity contribution in [3.05, 3.63) is 35.9 Å². The molecule has 31 heavy (non-hydrogen) atoms. The Morgan fingerprint density at radius 3 is 2.42 bits per heavy atom. The van der Waals surface area contributed by atoms with Gasteiger partial charge in [-0.15, -0.1) is 24.0 Å². The lowest BCUT2D eigenvalue weighted by Crippen LogP contribution is -2.57. The van der Waals surface area contributed by atoms with Crippen LogP contribution < -0.4 is 10.6 Å². The van der Waals surface area contributed by atoms with E-state index in [0.29, 0.717) is 19.7 Å². The number of benzene rings is 1. The number of rotatable bonds is 6. The number of hydrogen-bond acceptors (Lipinski definition) is 4. The van der Waals surface area contributed by atoms with Crippen LogP contribution in [0.2, 0.25) is 0 Å². The first-order chi connectivity index (χ1) is 14.4. The molecule has 2 heterocycles. The SMILES string of the molecule is CN=C(NCC(C)(C)NC(C)c1ccccc1)N1CCN(C(=O)C2CCCO2)CC1.I. The Morgan fingerprint density at radius 2 is 1.84 bits per heavy atom. The van der Waals surface area contributed by atoms with Crippen molar-refractivity contribution in [2.75, 3.05) is 46.4 Å². The number of amides is 1. The van der Waals surface area contributed by atoms with E-state index in [9.17, 15) is 4.79 Å². The lowest BCUT2D eigenvalue weighted by Gasteiger charge is -2.38. The highest BCUT2D eigenvalue weighted by Gasteiger charge is 2.31. The van der Waals surface area contributed by atoms with Crippen LogP contribution in [-0.2, 0) is 9.53 Å². The first kappa shape index (κ1) is 25.9. The predicted octanol–water partition coefficient (Wildman–Crippen LogP) is 2.63. The quantitative estimate of drug-likeness (QED) is 0.328. The van der Waals surface area contributed by atoms with Gasteiger partial charge >= 0.3 is 0 Å². The van der Waals surface area contributed by atoms with Gasteiger partial charge in [0, 0.05) is 58.0 Å². The van der Waals surface area contributed by atoms with Gasteiger partial charge in [0.25, 0.3) is 5.91 Å². The fourth-order valence-electron chi connectivity index (χ4n) is 4.21. The fourth-order valence-corrected chi connectivity index (χ4v) is 4.21. The fraction of sp³-hybridized carbons (Fsp3) is 0.652. The number of hydrogen-bond donors (Lipinski definition) is 2. The Hall–Kier alpha value is -1.39. The first-order valence-corrected chi connectivity index (χ1v) is 11.1. The molecule has 2 N–H and O–H groups in total. The molecule has 1 aromatic rings. The normalized spacial score (nSPS) is 20.9. The van der Waals surface area contributed by atoms with Gasteiger partial charge in [-0.1, -0.05) is 30.3 Å². The van der Waals surface area contributed by atoms with E-state index >= 15 is 0 Å². The molecule has 1 aromatic carbocycles. The second-order valence-electron chi connectivity index (χ2n) is 8.88. The molecule has 0 saturated carbocycles. The van der Waals surface area contributed by atoms with Crippen molar-refractivity contribution in [3.8, 4) is 0 Å². The Kier molecular flexibility index (Phi) is 10.0. The van der Waals surface area contributed by atoms with Gasteiger partial charge in [0.05, 0.1) is 0 Å². The van der Waals surface area contributed by atoms with E-state index in [1.165, 1.54) is 5.56 Å². The van der Waals surface area contributed by atoms with Crippen LogP contribution >= 0.6 is 24.0 Å². The van der Waals surface area contributed by atoms with Crippen LogP contribution in [0, 0.1) is 0 Å². The molecule has 8 heteroatoms. The monoisotopic (exact) mass is 543 g/mol. The molecule has 174 valence electrons. The van der Waals surface area contributed by atoms with Gasteiger partial charge in [-0.05, 0) is 39.2 Å². The van der Waals surface area contributed by atoms with Gasteiger partial charge in [-0.3, -0.25) is 9.79 Å². The number of carbonyl (C=O) groups is 1. The second kappa shape index (κ2) is 12.0. The highest BCUT2D eigenvalue weighted by atomic mass is 127. The zero-order valence-corrected chi connectivity index (χ0v) is 21.6. The standard InChI is InChI=1S/C23H37N5O2.HI/c1-18(19-9-6-5-7-10-19)26-23(2,3)17-25-22(24-4)28-14-12-27(13-15-28)21(29)20-11-8-16-30-20;/h5-7,9-10,18,20,26H,8,11-17H2,1-4H3,(H,24,25);1H. The summed E-state index contributed by atoms with van der Waals surface area (Å²) in [7, 11) is 1.82.